The van der Waals surface area contributed by atoms with Crippen LogP contribution in [0.4, 0.5) is 0 Å². The molecule has 1 atom stereocenters. The van der Waals surface area contributed by atoms with E-state index in [9.17, 15) is 0 Å². The highest BCUT2D eigenvalue weighted by Crippen LogP contribution is 2.37. The van der Waals surface area contributed by atoms with E-state index in [0.29, 0.717) is 11.6 Å². The van der Waals surface area contributed by atoms with Gasteiger partial charge in [-0.1, -0.05) is 19.8 Å². The van der Waals surface area contributed by atoms with Crippen LogP contribution in [0.15, 0.2) is 6.07 Å². The molecule has 0 bridgehead atoms. The second-order valence-electron chi connectivity index (χ2n) is 6.55. The van der Waals surface area contributed by atoms with Gasteiger partial charge in [0.05, 0.1) is 5.69 Å². The molecule has 1 aliphatic carbocycles. The monoisotopic (exact) mass is 292 g/mol. The highest BCUT2D eigenvalue weighted by molar-refractivity contribution is 5.15. The smallest absolute Gasteiger partial charge is 0.0624 e. The zero-order valence-electron chi connectivity index (χ0n) is 14.4. The average Bonchev–Trinajstić information content (AvgIpc) is 3.11. The number of nitrogens with zero attached hydrogens (tertiary/aromatic N) is 3. The molecule has 1 aromatic heterocycles. The molecular weight excluding hydrogens is 260 g/mol. The van der Waals surface area contributed by atoms with Crippen LogP contribution in [0.1, 0.15) is 50.9 Å². The molecule has 4 heteroatoms. The normalized spacial score (nSPS) is 19.3. The molecule has 21 heavy (non-hydrogen) atoms. The standard InChI is InChI=1S/C17H32N4/c1-6-14-12-15(21(7-2)19-14)13-16(18-3)17(20(4)5)10-8-9-11-17/h12,16,18H,6-11,13H2,1-5H3. The van der Waals surface area contributed by atoms with Crippen LogP contribution < -0.4 is 5.32 Å². The molecule has 1 unspecified atom stereocenters. The molecular formula is C17H32N4. The Bertz CT molecular complexity index is 444. The predicted octanol–water partition coefficient (Wildman–Crippen LogP) is 2.47. The third-order valence-electron chi connectivity index (χ3n) is 5.35. The summed E-state index contributed by atoms with van der Waals surface area (Å²) in [4.78, 5) is 2.45. The quantitative estimate of drug-likeness (QED) is 0.838. The van der Waals surface area contributed by atoms with Gasteiger partial charge in [0.15, 0.2) is 0 Å². The van der Waals surface area contributed by atoms with E-state index in [4.69, 9.17) is 5.10 Å². The topological polar surface area (TPSA) is 33.1 Å². The first-order valence-corrected chi connectivity index (χ1v) is 8.47. The van der Waals surface area contributed by atoms with E-state index in [0.717, 1.165) is 19.4 Å². The first-order chi connectivity index (χ1) is 10.1. The lowest BCUT2D eigenvalue weighted by Crippen LogP contribution is -2.57. The molecule has 0 radical (unpaired) electrons. The predicted molar refractivity (Wildman–Crippen MR) is 88.7 cm³/mol. The van der Waals surface area contributed by atoms with Gasteiger partial charge in [0, 0.05) is 30.2 Å². The second-order valence-corrected chi connectivity index (χ2v) is 6.55. The maximum absolute atomic E-state index is 4.70. The van der Waals surface area contributed by atoms with E-state index >= 15 is 0 Å². The number of nitrogens with one attached hydrogen (secondary N) is 1. The van der Waals surface area contributed by atoms with Gasteiger partial charge in [-0.2, -0.15) is 5.10 Å². The van der Waals surface area contributed by atoms with Gasteiger partial charge in [-0.3, -0.25) is 4.68 Å². The fourth-order valence-corrected chi connectivity index (χ4v) is 3.99. The van der Waals surface area contributed by atoms with Gasteiger partial charge in [-0.25, -0.2) is 0 Å². The van der Waals surface area contributed by atoms with Gasteiger partial charge < -0.3 is 10.2 Å². The summed E-state index contributed by atoms with van der Waals surface area (Å²) in [7, 11) is 6.59. The van der Waals surface area contributed by atoms with Crippen molar-refractivity contribution in [3.63, 3.8) is 0 Å². The second kappa shape index (κ2) is 6.93. The summed E-state index contributed by atoms with van der Waals surface area (Å²) in [5, 5.41) is 8.31. The van der Waals surface area contributed by atoms with Crippen molar-refractivity contribution in [2.24, 2.45) is 0 Å². The molecule has 1 fully saturated rings. The Morgan fingerprint density at radius 2 is 2.00 bits per heavy atom. The van der Waals surface area contributed by atoms with E-state index in [1.54, 1.807) is 0 Å². The third-order valence-corrected chi connectivity index (χ3v) is 5.35. The van der Waals surface area contributed by atoms with Gasteiger partial charge in [0.1, 0.15) is 0 Å². The molecule has 0 amide bonds. The van der Waals surface area contributed by atoms with Crippen molar-refractivity contribution in [1.82, 2.24) is 20.0 Å². The molecule has 0 aromatic carbocycles. The Morgan fingerprint density at radius 1 is 1.33 bits per heavy atom. The summed E-state index contributed by atoms with van der Waals surface area (Å²) < 4.78 is 2.18. The van der Waals surface area contributed by atoms with Crippen LogP contribution in [0.2, 0.25) is 0 Å². The molecule has 0 spiro atoms. The lowest BCUT2D eigenvalue weighted by atomic mass is 9.84. The van der Waals surface area contributed by atoms with Crippen molar-refractivity contribution in [3.8, 4) is 0 Å². The van der Waals surface area contributed by atoms with E-state index in [1.165, 1.54) is 37.1 Å². The number of rotatable bonds is 7. The van der Waals surface area contributed by atoms with E-state index in [2.05, 4.69) is 56.0 Å². The van der Waals surface area contributed by atoms with Gasteiger partial charge >= 0.3 is 0 Å². The maximum atomic E-state index is 4.70. The number of aryl methyl sites for hydroxylation is 2. The lowest BCUT2D eigenvalue weighted by Gasteiger charge is -2.43. The van der Waals surface area contributed by atoms with Crippen LogP contribution in [0.25, 0.3) is 0 Å². The van der Waals surface area contributed by atoms with Crippen molar-refractivity contribution in [2.45, 2.75) is 70.5 Å². The van der Waals surface area contributed by atoms with Crippen LogP contribution in [0.3, 0.4) is 0 Å². The molecule has 4 nitrogen and oxygen atoms in total. The number of aromatic nitrogens is 2. The maximum Gasteiger partial charge on any atom is 0.0624 e. The average molecular weight is 292 g/mol. The highest BCUT2D eigenvalue weighted by Gasteiger charge is 2.42. The van der Waals surface area contributed by atoms with Crippen molar-refractivity contribution >= 4 is 0 Å². The minimum atomic E-state index is 0.296. The van der Waals surface area contributed by atoms with Crippen molar-refractivity contribution in [3.05, 3.63) is 17.5 Å². The highest BCUT2D eigenvalue weighted by atomic mass is 15.3. The Kier molecular flexibility index (Phi) is 5.44. The molecule has 1 aromatic rings. The zero-order valence-corrected chi connectivity index (χ0v) is 14.4. The SMILES string of the molecule is CCc1cc(CC(NC)C2(N(C)C)CCCC2)n(CC)n1. The molecule has 1 heterocycles. The van der Waals surface area contributed by atoms with Crippen LogP contribution in [-0.2, 0) is 19.4 Å². The Hall–Kier alpha value is -0.870. The first kappa shape index (κ1) is 16.5. The van der Waals surface area contributed by atoms with E-state index in [1.807, 2.05) is 0 Å². The summed E-state index contributed by atoms with van der Waals surface area (Å²) in [5.74, 6) is 0. The molecule has 0 aliphatic heterocycles. The Balaban J connectivity index is 2.24. The van der Waals surface area contributed by atoms with Gasteiger partial charge in [-0.15, -0.1) is 0 Å². The molecule has 1 saturated carbocycles. The summed E-state index contributed by atoms with van der Waals surface area (Å²) >= 11 is 0. The fourth-order valence-electron chi connectivity index (χ4n) is 3.99. The Labute approximate surface area is 129 Å². The summed E-state index contributed by atoms with van der Waals surface area (Å²) in [5.41, 5.74) is 2.89. The molecule has 0 saturated heterocycles. The largest absolute Gasteiger partial charge is 0.315 e. The van der Waals surface area contributed by atoms with Crippen LogP contribution in [0.5, 0.6) is 0 Å². The number of hydrogen-bond acceptors (Lipinski definition) is 3. The lowest BCUT2D eigenvalue weighted by molar-refractivity contribution is 0.107. The van der Waals surface area contributed by atoms with Crippen molar-refractivity contribution < 1.29 is 0 Å². The van der Waals surface area contributed by atoms with Gasteiger partial charge in [-0.05, 0) is 53.4 Å². The first-order valence-electron chi connectivity index (χ1n) is 8.47. The molecule has 120 valence electrons. The van der Waals surface area contributed by atoms with Crippen molar-refractivity contribution in [1.29, 1.82) is 0 Å². The van der Waals surface area contributed by atoms with Gasteiger partial charge in [0.25, 0.3) is 0 Å². The van der Waals surface area contributed by atoms with Gasteiger partial charge in [0.2, 0.25) is 0 Å². The number of likely N-dealkylation sites (N-methyl/N-ethyl adjacent to an activating group) is 2. The van der Waals surface area contributed by atoms with Crippen LogP contribution in [0, 0.1) is 0 Å². The summed E-state index contributed by atoms with van der Waals surface area (Å²) in [6, 6.07) is 2.79. The summed E-state index contributed by atoms with van der Waals surface area (Å²) in [6.45, 7) is 5.32. The molecule has 1 aliphatic rings. The van der Waals surface area contributed by atoms with Crippen molar-refractivity contribution in [2.75, 3.05) is 21.1 Å². The number of hydrogen-bond donors (Lipinski definition) is 1. The molecule has 1 N–H and O–H groups in total. The van der Waals surface area contributed by atoms with Crippen LogP contribution >= 0.6 is 0 Å². The zero-order chi connectivity index (χ0) is 15.5. The molecule has 2 rings (SSSR count). The van der Waals surface area contributed by atoms with Crippen LogP contribution in [-0.4, -0.2) is 47.4 Å². The minimum absolute atomic E-state index is 0.296. The fraction of sp³-hybridized carbons (Fsp3) is 0.824. The summed E-state index contributed by atoms with van der Waals surface area (Å²) in [6.07, 6.45) is 7.38. The Morgan fingerprint density at radius 3 is 2.48 bits per heavy atom. The van der Waals surface area contributed by atoms with E-state index in [-0.39, 0.29) is 0 Å². The third kappa shape index (κ3) is 3.16. The van der Waals surface area contributed by atoms with E-state index < -0.39 is 0 Å². The minimum Gasteiger partial charge on any atom is -0.315 e.